The van der Waals surface area contributed by atoms with E-state index in [0.717, 1.165) is 22.9 Å². The number of pyridine rings is 1. The van der Waals surface area contributed by atoms with Gasteiger partial charge in [0.2, 0.25) is 0 Å². The molecule has 0 saturated carbocycles. The first-order valence-electron chi connectivity index (χ1n) is 11.9. The molecule has 3 heterocycles. The van der Waals surface area contributed by atoms with Crippen LogP contribution < -0.4 is 15.7 Å². The number of benzene rings is 3. The standard InChI is InChI=1S/C30H22FN5O2/c1-38-24-15-12-20(13-16-24)25-19-35(33-26-17-14-23(31)18-32-26)29-27(21-8-4-2-5-9-21)28(34-36(29)30(25)37)22-10-6-3-7-11-22/h2-19H,1H3,(H,32,33). The first-order valence-corrected chi connectivity index (χ1v) is 11.9. The van der Waals surface area contributed by atoms with Crippen molar-refractivity contribution in [2.24, 2.45) is 0 Å². The zero-order chi connectivity index (χ0) is 26.1. The summed E-state index contributed by atoms with van der Waals surface area (Å²) in [7, 11) is 1.59. The molecule has 186 valence electrons. The van der Waals surface area contributed by atoms with Crippen molar-refractivity contribution in [1.82, 2.24) is 19.3 Å². The number of anilines is 1. The number of nitrogens with one attached hydrogen (secondary N) is 1. The van der Waals surface area contributed by atoms with E-state index in [0.29, 0.717) is 34.0 Å². The molecule has 0 unspecified atom stereocenters. The molecule has 0 saturated heterocycles. The van der Waals surface area contributed by atoms with Crippen LogP contribution in [-0.4, -0.2) is 26.4 Å². The van der Waals surface area contributed by atoms with Gasteiger partial charge in [-0.15, -0.1) is 0 Å². The van der Waals surface area contributed by atoms with Crippen molar-refractivity contribution < 1.29 is 9.13 Å². The number of methoxy groups -OCH3 is 1. The minimum absolute atomic E-state index is 0.283. The lowest BCUT2D eigenvalue weighted by molar-refractivity contribution is 0.415. The van der Waals surface area contributed by atoms with Crippen molar-refractivity contribution in [2.45, 2.75) is 0 Å². The Morgan fingerprint density at radius 2 is 1.50 bits per heavy atom. The normalized spacial score (nSPS) is 11.0. The minimum Gasteiger partial charge on any atom is -0.497 e. The Morgan fingerprint density at radius 3 is 2.13 bits per heavy atom. The van der Waals surface area contributed by atoms with Gasteiger partial charge in [0.25, 0.3) is 5.56 Å². The van der Waals surface area contributed by atoms with Gasteiger partial charge in [0, 0.05) is 11.8 Å². The lowest BCUT2D eigenvalue weighted by Gasteiger charge is -2.15. The van der Waals surface area contributed by atoms with Gasteiger partial charge in [-0.3, -0.25) is 10.2 Å². The zero-order valence-electron chi connectivity index (χ0n) is 20.4. The maximum atomic E-state index is 13.9. The Morgan fingerprint density at radius 1 is 0.816 bits per heavy atom. The minimum atomic E-state index is -0.444. The van der Waals surface area contributed by atoms with Gasteiger partial charge in [0.05, 0.1) is 24.4 Å². The summed E-state index contributed by atoms with van der Waals surface area (Å²) in [5.74, 6) is 0.639. The Labute approximate surface area is 217 Å². The predicted molar refractivity (Wildman–Crippen MR) is 146 cm³/mol. The molecule has 8 heteroatoms. The van der Waals surface area contributed by atoms with E-state index in [9.17, 15) is 9.18 Å². The summed E-state index contributed by atoms with van der Waals surface area (Å²) in [6.45, 7) is 0. The fourth-order valence-electron chi connectivity index (χ4n) is 4.42. The van der Waals surface area contributed by atoms with Crippen molar-refractivity contribution in [1.29, 1.82) is 0 Å². The Hall–Kier alpha value is -5.24. The van der Waals surface area contributed by atoms with Crippen molar-refractivity contribution in [2.75, 3.05) is 12.5 Å². The van der Waals surface area contributed by atoms with Crippen LogP contribution in [0.2, 0.25) is 0 Å². The van der Waals surface area contributed by atoms with E-state index < -0.39 is 5.82 Å². The van der Waals surface area contributed by atoms with Crippen LogP contribution in [0.25, 0.3) is 39.2 Å². The van der Waals surface area contributed by atoms with E-state index in [2.05, 4.69) is 10.4 Å². The van der Waals surface area contributed by atoms with E-state index in [4.69, 9.17) is 9.84 Å². The zero-order valence-corrected chi connectivity index (χ0v) is 20.4. The van der Waals surface area contributed by atoms with Crippen LogP contribution in [0.4, 0.5) is 10.2 Å². The number of ether oxygens (including phenoxy) is 1. The summed E-state index contributed by atoms with van der Waals surface area (Å²) in [5, 5.41) is 4.83. The number of halogens is 1. The fraction of sp³-hybridized carbons (Fsp3) is 0.0333. The van der Waals surface area contributed by atoms with Crippen molar-refractivity contribution in [3.8, 4) is 39.3 Å². The monoisotopic (exact) mass is 503 g/mol. The maximum Gasteiger partial charge on any atom is 0.282 e. The quantitative estimate of drug-likeness (QED) is 0.306. The Balaban J connectivity index is 1.68. The van der Waals surface area contributed by atoms with Crippen LogP contribution in [0.5, 0.6) is 5.75 Å². The first kappa shape index (κ1) is 23.2. The van der Waals surface area contributed by atoms with Crippen LogP contribution in [-0.2, 0) is 0 Å². The van der Waals surface area contributed by atoms with Gasteiger partial charge in [0.15, 0.2) is 5.65 Å². The SMILES string of the molecule is COc1ccc(-c2cn(Nc3ccc(F)cn3)c3c(-c4ccccc4)c(-c4ccccc4)nn3c2=O)cc1. The Bertz CT molecular complexity index is 1780. The molecule has 0 aliphatic heterocycles. The van der Waals surface area contributed by atoms with Crippen molar-refractivity contribution >= 4 is 11.5 Å². The molecule has 6 rings (SSSR count). The second-order valence-electron chi connectivity index (χ2n) is 8.61. The van der Waals surface area contributed by atoms with Gasteiger partial charge in [-0.25, -0.2) is 14.1 Å². The van der Waals surface area contributed by atoms with Crippen LogP contribution in [0.1, 0.15) is 0 Å². The number of rotatable bonds is 6. The highest BCUT2D eigenvalue weighted by molar-refractivity contribution is 5.91. The highest BCUT2D eigenvalue weighted by atomic mass is 19.1. The average molecular weight is 504 g/mol. The van der Waals surface area contributed by atoms with Crippen LogP contribution in [0.15, 0.2) is 114 Å². The third-order valence-corrected chi connectivity index (χ3v) is 6.24. The molecule has 0 amide bonds. The number of fused-ring (bicyclic) bond motifs is 1. The summed E-state index contributed by atoms with van der Waals surface area (Å²) in [6.07, 6.45) is 2.85. The number of nitrogens with zero attached hydrogens (tertiary/aromatic N) is 4. The number of hydrogen-bond acceptors (Lipinski definition) is 5. The van der Waals surface area contributed by atoms with Gasteiger partial charge in [0.1, 0.15) is 23.1 Å². The van der Waals surface area contributed by atoms with Crippen LogP contribution in [0.3, 0.4) is 0 Å². The maximum absolute atomic E-state index is 13.9. The molecule has 3 aromatic heterocycles. The Kier molecular flexibility index (Phi) is 5.89. The summed E-state index contributed by atoms with van der Waals surface area (Å²) in [6, 6.07) is 29.6. The largest absolute Gasteiger partial charge is 0.497 e. The van der Waals surface area contributed by atoms with E-state index in [-0.39, 0.29) is 5.56 Å². The van der Waals surface area contributed by atoms with E-state index >= 15 is 0 Å². The predicted octanol–water partition coefficient (Wildman–Crippen LogP) is 5.91. The van der Waals surface area contributed by atoms with Gasteiger partial charge in [-0.1, -0.05) is 72.8 Å². The summed E-state index contributed by atoms with van der Waals surface area (Å²) in [4.78, 5) is 18.1. The third kappa shape index (κ3) is 4.18. The van der Waals surface area contributed by atoms with Gasteiger partial charge < -0.3 is 4.74 Å². The molecule has 0 radical (unpaired) electrons. The van der Waals surface area contributed by atoms with E-state index in [1.807, 2.05) is 72.8 Å². The number of aromatic nitrogens is 4. The number of hydrogen-bond donors (Lipinski definition) is 1. The topological polar surface area (TPSA) is 73.4 Å². The molecule has 0 bridgehead atoms. The second kappa shape index (κ2) is 9.67. The lowest BCUT2D eigenvalue weighted by atomic mass is 10.0. The molecule has 3 aromatic carbocycles. The van der Waals surface area contributed by atoms with Crippen molar-refractivity contribution in [3.05, 3.63) is 126 Å². The van der Waals surface area contributed by atoms with Gasteiger partial charge in [-0.2, -0.15) is 9.61 Å². The molecule has 0 spiro atoms. The van der Waals surface area contributed by atoms with Gasteiger partial charge >= 0.3 is 0 Å². The second-order valence-corrected chi connectivity index (χ2v) is 8.61. The molecule has 0 fully saturated rings. The molecule has 0 aliphatic carbocycles. The van der Waals surface area contributed by atoms with E-state index in [1.54, 1.807) is 30.1 Å². The summed E-state index contributed by atoms with van der Waals surface area (Å²) >= 11 is 0. The fourth-order valence-corrected chi connectivity index (χ4v) is 4.42. The average Bonchev–Trinajstić information content (AvgIpc) is 3.38. The molecular weight excluding hydrogens is 481 g/mol. The first-order chi connectivity index (χ1) is 18.6. The molecule has 6 aromatic rings. The summed E-state index contributed by atoms with van der Waals surface area (Å²) in [5.41, 5.74) is 7.75. The molecular formula is C30H22FN5O2. The van der Waals surface area contributed by atoms with Crippen LogP contribution >= 0.6 is 0 Å². The molecule has 0 atom stereocenters. The lowest BCUT2D eigenvalue weighted by Crippen LogP contribution is -2.24. The highest BCUT2D eigenvalue weighted by Crippen LogP contribution is 2.35. The summed E-state index contributed by atoms with van der Waals surface area (Å²) < 4.78 is 22.0. The molecule has 0 aliphatic rings. The molecule has 38 heavy (non-hydrogen) atoms. The van der Waals surface area contributed by atoms with Gasteiger partial charge in [-0.05, 0) is 35.4 Å². The van der Waals surface area contributed by atoms with Crippen LogP contribution in [0, 0.1) is 5.82 Å². The molecule has 1 N–H and O–H groups in total. The smallest absolute Gasteiger partial charge is 0.282 e. The van der Waals surface area contributed by atoms with Crippen molar-refractivity contribution in [3.63, 3.8) is 0 Å². The van der Waals surface area contributed by atoms with E-state index in [1.165, 1.54) is 16.6 Å². The highest BCUT2D eigenvalue weighted by Gasteiger charge is 2.23. The molecule has 7 nitrogen and oxygen atoms in total. The third-order valence-electron chi connectivity index (χ3n) is 6.24.